The molecule has 0 N–H and O–H groups in total. The molecule has 8 unspecified atom stereocenters. The molecular formula is C48H48O7. The van der Waals surface area contributed by atoms with Crippen LogP contribution in [0.3, 0.4) is 0 Å². The van der Waals surface area contributed by atoms with E-state index in [2.05, 4.69) is 50.2 Å². The molecule has 0 amide bonds. The van der Waals surface area contributed by atoms with Gasteiger partial charge >= 0.3 is 11.9 Å². The van der Waals surface area contributed by atoms with Crippen LogP contribution in [-0.2, 0) is 18.9 Å². The summed E-state index contributed by atoms with van der Waals surface area (Å²) in [5.41, 5.74) is 6.09. The maximum atomic E-state index is 13.2. The van der Waals surface area contributed by atoms with Crippen molar-refractivity contribution in [1.82, 2.24) is 0 Å². The topological polar surface area (TPSA) is 80.3 Å². The minimum atomic E-state index is -0.570. The van der Waals surface area contributed by atoms with E-state index in [0.717, 1.165) is 98.7 Å². The third kappa shape index (κ3) is 4.05. The van der Waals surface area contributed by atoms with Gasteiger partial charge in [0.2, 0.25) is 0 Å². The van der Waals surface area contributed by atoms with Crippen molar-refractivity contribution in [2.45, 2.75) is 76.0 Å². The second-order valence-corrected chi connectivity index (χ2v) is 19.9. The Morgan fingerprint density at radius 3 is 1.56 bits per heavy atom. The average Bonchev–Trinajstić information content (AvgIpc) is 3.98. The second kappa shape index (κ2) is 10.2. The molecule has 2 heterocycles. The Morgan fingerprint density at radius 2 is 1.05 bits per heavy atom. The zero-order chi connectivity index (χ0) is 36.3. The Bertz CT molecular complexity index is 2110. The van der Waals surface area contributed by atoms with E-state index >= 15 is 0 Å². The van der Waals surface area contributed by atoms with Crippen molar-refractivity contribution < 1.29 is 33.3 Å². The Morgan fingerprint density at radius 1 is 0.582 bits per heavy atom. The second-order valence-electron chi connectivity index (χ2n) is 19.9. The molecule has 14 rings (SSSR count). The van der Waals surface area contributed by atoms with Crippen LogP contribution in [0.15, 0.2) is 72.8 Å². The first-order chi connectivity index (χ1) is 26.9. The van der Waals surface area contributed by atoms with Crippen molar-refractivity contribution in [1.29, 1.82) is 0 Å². The number of carbonyl (C=O) groups is 2. The third-order valence-electron chi connectivity index (χ3n) is 18.0. The number of rotatable bonds is 9. The van der Waals surface area contributed by atoms with Gasteiger partial charge in [0.15, 0.2) is 12.2 Å². The Hall–Kier alpha value is -3.68. The fourth-order valence-corrected chi connectivity index (χ4v) is 15.0. The lowest BCUT2D eigenvalue weighted by Gasteiger charge is -2.33. The molecule has 3 aromatic rings. The fraction of sp³-hybridized carbons (Fsp3) is 0.583. The number of fused-ring (bicyclic) bond motifs is 13. The molecule has 2 spiro atoms. The average molecular weight is 737 g/mol. The third-order valence-corrected chi connectivity index (χ3v) is 18.0. The summed E-state index contributed by atoms with van der Waals surface area (Å²) in [5, 5.41) is 0. The normalized spacial score (nSPS) is 50.8. The van der Waals surface area contributed by atoms with E-state index in [1.807, 2.05) is 24.3 Å². The molecule has 0 aromatic heterocycles. The number of hydrogen-bond acceptors (Lipinski definition) is 7. The van der Waals surface area contributed by atoms with Crippen LogP contribution in [0.5, 0.6) is 5.75 Å². The lowest BCUT2D eigenvalue weighted by molar-refractivity contribution is -0.0287. The molecule has 2 saturated heterocycles. The molecule has 0 bridgehead atoms. The molecule has 11 fully saturated rings. The van der Waals surface area contributed by atoms with Gasteiger partial charge in [-0.2, -0.15) is 0 Å². The summed E-state index contributed by atoms with van der Waals surface area (Å²) < 4.78 is 30.1. The maximum absolute atomic E-state index is 13.2. The van der Waals surface area contributed by atoms with Crippen LogP contribution in [0.2, 0.25) is 0 Å². The highest BCUT2D eigenvalue weighted by atomic mass is 16.7. The number of benzene rings is 3. The van der Waals surface area contributed by atoms with Gasteiger partial charge in [-0.15, -0.1) is 0 Å². The van der Waals surface area contributed by atoms with Gasteiger partial charge in [-0.1, -0.05) is 50.2 Å². The van der Waals surface area contributed by atoms with Gasteiger partial charge in [0.25, 0.3) is 0 Å². The minimum Gasteiger partial charge on any atom is -0.490 e. The van der Waals surface area contributed by atoms with Crippen molar-refractivity contribution in [3.8, 4) is 16.9 Å². The summed E-state index contributed by atoms with van der Waals surface area (Å²) in [5.74, 6) is 13.1. The highest BCUT2D eigenvalue weighted by molar-refractivity contribution is 5.90. The van der Waals surface area contributed by atoms with Crippen LogP contribution in [0.25, 0.3) is 11.1 Å². The molecule has 3 aromatic carbocycles. The molecule has 7 nitrogen and oxygen atoms in total. The summed E-state index contributed by atoms with van der Waals surface area (Å²) >= 11 is 0. The predicted molar refractivity (Wildman–Crippen MR) is 200 cm³/mol. The van der Waals surface area contributed by atoms with Crippen molar-refractivity contribution in [2.24, 2.45) is 81.8 Å². The Labute approximate surface area is 321 Å². The molecule has 7 heteroatoms. The van der Waals surface area contributed by atoms with Gasteiger partial charge in [0, 0.05) is 11.8 Å². The predicted octanol–water partition coefficient (Wildman–Crippen LogP) is 7.82. The zero-order valence-electron chi connectivity index (χ0n) is 31.4. The fourth-order valence-electron chi connectivity index (χ4n) is 15.0. The minimum absolute atomic E-state index is 0.200. The first kappa shape index (κ1) is 31.4. The number of hydrogen-bond donors (Lipinski definition) is 0. The highest BCUT2D eigenvalue weighted by Gasteiger charge is 3.05. The molecule has 0 radical (unpaired) electrons. The Balaban J connectivity index is 0.545. The summed E-state index contributed by atoms with van der Waals surface area (Å²) in [7, 11) is 0. The summed E-state index contributed by atoms with van der Waals surface area (Å²) in [6.07, 6.45) is 3.64. The maximum Gasteiger partial charge on any atom is 0.338 e. The highest BCUT2D eigenvalue weighted by Crippen LogP contribution is 3.07. The smallest absolute Gasteiger partial charge is 0.338 e. The Kier molecular flexibility index (Phi) is 5.85. The van der Waals surface area contributed by atoms with E-state index in [4.69, 9.17) is 23.7 Å². The largest absolute Gasteiger partial charge is 0.490 e. The molecule has 2 aliphatic heterocycles. The molecule has 9 aliphatic carbocycles. The van der Waals surface area contributed by atoms with E-state index in [1.54, 1.807) is 12.1 Å². The van der Waals surface area contributed by atoms with E-state index in [9.17, 15) is 9.59 Å². The van der Waals surface area contributed by atoms with Crippen LogP contribution in [0.1, 0.15) is 71.7 Å². The van der Waals surface area contributed by atoms with E-state index in [1.165, 1.54) is 31.2 Å². The van der Waals surface area contributed by atoms with Crippen LogP contribution in [0, 0.1) is 81.8 Å². The van der Waals surface area contributed by atoms with Gasteiger partial charge in [-0.3, -0.25) is 0 Å². The molecule has 282 valence electrons. The summed E-state index contributed by atoms with van der Waals surface area (Å²) in [6.45, 7) is 5.26. The van der Waals surface area contributed by atoms with Crippen LogP contribution in [-0.4, -0.2) is 55.7 Å². The number of carbonyl (C=O) groups excluding carboxylic acids is 2. The monoisotopic (exact) mass is 736 g/mol. The molecule has 12 atom stereocenters. The van der Waals surface area contributed by atoms with Crippen LogP contribution < -0.4 is 4.74 Å². The summed E-state index contributed by atoms with van der Waals surface area (Å²) in [6, 6.07) is 23.8. The SMILES string of the molecule is CC1C2C1C21C2C(Oc3ccc(-c4ccc(C(=O)O[C@@H]5CO[C@@H]6[C@H]5OC[C@@H]6OC(=O)c5ccc(C6CCC(C7C8C7C87C8C(C)C87)CC6)cc5)cc4)cc3)C21. The standard InChI is InChI=1S/C48H48O7/c1-21-34-35(21)47(34)38-33(39(38)47)27-9-3-23(4-10-27)24-5-11-28(12-6-24)45(49)54-31-19-51-43-32(20-52-42(31)43)55-46(50)29-13-7-25(8-14-29)26-15-17-30(18-16-26)53-44-40-41(44)48(40)36-22(2)37(36)48/h5-8,11-18,21-23,27,31-44H,3-4,9-10,19-20H2,1-2H3/t21?,22?,23?,27?,31-,32+,33?,34?,35?,36?,37?,38?,39?,40?,41?,42-,43-,44?,47?,48?/m0/s1. The zero-order valence-corrected chi connectivity index (χ0v) is 31.4. The first-order valence-corrected chi connectivity index (χ1v) is 21.5. The van der Waals surface area contributed by atoms with Crippen molar-refractivity contribution in [2.75, 3.05) is 13.2 Å². The molecule has 55 heavy (non-hydrogen) atoms. The molecule has 11 aliphatic rings. The van der Waals surface area contributed by atoms with E-state index in [0.29, 0.717) is 23.1 Å². The van der Waals surface area contributed by atoms with Gasteiger partial charge < -0.3 is 23.7 Å². The van der Waals surface area contributed by atoms with E-state index < -0.39 is 30.4 Å². The van der Waals surface area contributed by atoms with Gasteiger partial charge in [-0.25, -0.2) is 9.59 Å². The van der Waals surface area contributed by atoms with Crippen molar-refractivity contribution in [3.63, 3.8) is 0 Å². The summed E-state index contributed by atoms with van der Waals surface area (Å²) in [4.78, 5) is 26.4. The van der Waals surface area contributed by atoms with E-state index in [-0.39, 0.29) is 19.2 Å². The first-order valence-electron chi connectivity index (χ1n) is 21.5. The quantitative estimate of drug-likeness (QED) is 0.207. The molecular weight excluding hydrogens is 689 g/mol. The van der Waals surface area contributed by atoms with Crippen molar-refractivity contribution >= 4 is 11.9 Å². The van der Waals surface area contributed by atoms with Crippen LogP contribution >= 0.6 is 0 Å². The van der Waals surface area contributed by atoms with Gasteiger partial charge in [0.05, 0.1) is 24.3 Å². The lowest BCUT2D eigenvalue weighted by atomic mass is 9.72. The number of ether oxygens (including phenoxy) is 5. The number of esters is 2. The molecule has 9 saturated carbocycles. The lowest BCUT2D eigenvalue weighted by Crippen LogP contribution is -2.36. The van der Waals surface area contributed by atoms with Gasteiger partial charge in [-0.05, 0) is 155 Å². The van der Waals surface area contributed by atoms with Gasteiger partial charge in [0.1, 0.15) is 24.1 Å². The van der Waals surface area contributed by atoms with Crippen molar-refractivity contribution in [3.05, 3.63) is 89.5 Å². The van der Waals surface area contributed by atoms with Crippen LogP contribution in [0.4, 0.5) is 0 Å².